The largest absolute Gasteiger partial charge is 0.491 e. The van der Waals surface area contributed by atoms with Gasteiger partial charge in [-0.3, -0.25) is 14.9 Å². The summed E-state index contributed by atoms with van der Waals surface area (Å²) in [4.78, 5) is 37.5. The van der Waals surface area contributed by atoms with E-state index in [1.54, 1.807) is 48.3 Å². The first-order valence-corrected chi connectivity index (χ1v) is 13.4. The van der Waals surface area contributed by atoms with Crippen LogP contribution in [0.4, 0.5) is 5.13 Å². The smallest absolute Gasteiger partial charge is 0.257 e. The van der Waals surface area contributed by atoms with Crippen molar-refractivity contribution in [3.63, 3.8) is 0 Å². The number of thioether (sulfide) groups is 1. The number of hydrogen-bond donors (Lipinski definition) is 1. The highest BCUT2D eigenvalue weighted by molar-refractivity contribution is 8.00. The van der Waals surface area contributed by atoms with E-state index in [1.165, 1.54) is 24.2 Å². The summed E-state index contributed by atoms with van der Waals surface area (Å²) in [6.45, 7) is 3.74. The lowest BCUT2D eigenvalue weighted by atomic mass is 10.2. The Morgan fingerprint density at radius 1 is 1.14 bits per heavy atom. The second-order valence-electron chi connectivity index (χ2n) is 8.54. The van der Waals surface area contributed by atoms with Crippen LogP contribution in [0.2, 0.25) is 0 Å². The van der Waals surface area contributed by atoms with Crippen LogP contribution in [0.3, 0.4) is 0 Å². The number of anilines is 1. The third-order valence-corrected chi connectivity index (χ3v) is 7.19. The quantitative estimate of drug-likeness (QED) is 0.239. The zero-order chi connectivity index (χ0) is 25.8. The van der Waals surface area contributed by atoms with Gasteiger partial charge in [-0.05, 0) is 57.0 Å². The molecule has 1 N–H and O–H groups in total. The van der Waals surface area contributed by atoms with E-state index in [9.17, 15) is 9.59 Å². The lowest BCUT2D eigenvalue weighted by Crippen LogP contribution is -2.13. The molecule has 4 aromatic rings. The SMILES string of the molecule is CC(C)Oc1cc(Oc2ccc(SC3CC3)nc2)cc(C(=O)Nc2nc3ccc(OCC=O)nc3s2)c1. The molecule has 0 radical (unpaired) electrons. The number of amides is 1. The molecule has 3 aromatic heterocycles. The Balaban J connectivity index is 1.34. The van der Waals surface area contributed by atoms with Gasteiger partial charge in [-0.1, -0.05) is 11.3 Å². The van der Waals surface area contributed by atoms with Crippen molar-refractivity contribution < 1.29 is 23.8 Å². The number of fused-ring (bicyclic) bond motifs is 1. The predicted molar refractivity (Wildman–Crippen MR) is 142 cm³/mol. The number of nitrogens with one attached hydrogen (secondary N) is 1. The van der Waals surface area contributed by atoms with Gasteiger partial charge in [-0.25, -0.2) is 15.0 Å². The van der Waals surface area contributed by atoms with E-state index < -0.39 is 0 Å². The van der Waals surface area contributed by atoms with Gasteiger partial charge >= 0.3 is 0 Å². The van der Waals surface area contributed by atoms with E-state index in [0.717, 1.165) is 5.03 Å². The van der Waals surface area contributed by atoms with Gasteiger partial charge in [0.05, 0.1) is 17.3 Å². The number of ether oxygens (including phenoxy) is 3. The highest BCUT2D eigenvalue weighted by atomic mass is 32.2. The zero-order valence-electron chi connectivity index (χ0n) is 20.2. The number of carbonyl (C=O) groups excluding carboxylic acids is 2. The standard InChI is InChI=1S/C26H24N4O5S2/c1-15(2)34-18-11-16(12-19(13-18)35-17-3-8-23(27-14-17)36-20-4-5-20)24(32)30-26-28-21-6-7-22(33-10-9-31)29-25(21)37-26/h3,6-9,11-15,20H,4-5,10H2,1-2H3,(H,28,30,32). The zero-order valence-corrected chi connectivity index (χ0v) is 21.8. The molecule has 1 aliphatic rings. The van der Waals surface area contributed by atoms with Crippen molar-refractivity contribution in [1.82, 2.24) is 15.0 Å². The second-order valence-corrected chi connectivity index (χ2v) is 10.8. The van der Waals surface area contributed by atoms with E-state index >= 15 is 0 Å². The van der Waals surface area contributed by atoms with E-state index in [0.29, 0.717) is 55.7 Å². The van der Waals surface area contributed by atoms with Gasteiger partial charge in [-0.2, -0.15) is 0 Å². The normalized spacial score (nSPS) is 12.9. The molecular weight excluding hydrogens is 512 g/mol. The van der Waals surface area contributed by atoms with Crippen molar-refractivity contribution in [2.75, 3.05) is 11.9 Å². The van der Waals surface area contributed by atoms with Gasteiger partial charge in [0.25, 0.3) is 5.91 Å². The van der Waals surface area contributed by atoms with Gasteiger partial charge in [0, 0.05) is 22.9 Å². The minimum atomic E-state index is -0.371. The minimum absolute atomic E-state index is 0.0836. The van der Waals surface area contributed by atoms with Gasteiger partial charge < -0.3 is 14.2 Å². The van der Waals surface area contributed by atoms with Crippen molar-refractivity contribution >= 4 is 50.8 Å². The summed E-state index contributed by atoms with van der Waals surface area (Å²) in [7, 11) is 0. The average Bonchev–Trinajstić information content (AvgIpc) is 3.59. The van der Waals surface area contributed by atoms with Crippen LogP contribution in [0.1, 0.15) is 37.0 Å². The summed E-state index contributed by atoms with van der Waals surface area (Å²) in [5, 5.41) is 4.85. The summed E-state index contributed by atoms with van der Waals surface area (Å²) >= 11 is 2.98. The van der Waals surface area contributed by atoms with E-state index in [1.807, 2.05) is 26.0 Å². The molecule has 0 bridgehead atoms. The Morgan fingerprint density at radius 2 is 1.97 bits per heavy atom. The van der Waals surface area contributed by atoms with Crippen molar-refractivity contribution in [2.24, 2.45) is 0 Å². The van der Waals surface area contributed by atoms with Crippen molar-refractivity contribution in [1.29, 1.82) is 0 Å². The Kier molecular flexibility index (Phi) is 7.52. The van der Waals surface area contributed by atoms with E-state index in [-0.39, 0.29) is 18.6 Å². The van der Waals surface area contributed by atoms with Crippen LogP contribution in [0, 0.1) is 0 Å². The molecule has 0 unspecified atom stereocenters. The number of hydrogen-bond acceptors (Lipinski definition) is 10. The van der Waals surface area contributed by atoms with Crippen LogP contribution in [0.5, 0.6) is 23.1 Å². The Morgan fingerprint density at radius 3 is 2.70 bits per heavy atom. The molecule has 37 heavy (non-hydrogen) atoms. The third kappa shape index (κ3) is 6.75. The molecule has 0 spiro atoms. The molecule has 1 amide bonds. The summed E-state index contributed by atoms with van der Waals surface area (Å²) in [6.07, 6.45) is 4.73. The lowest BCUT2D eigenvalue weighted by Gasteiger charge is -2.14. The molecule has 9 nitrogen and oxygen atoms in total. The molecule has 1 aromatic carbocycles. The van der Waals surface area contributed by atoms with Crippen LogP contribution >= 0.6 is 23.1 Å². The first kappa shape index (κ1) is 25.0. The minimum Gasteiger partial charge on any atom is -0.491 e. The molecule has 1 saturated carbocycles. The molecule has 1 aliphatic carbocycles. The summed E-state index contributed by atoms with van der Waals surface area (Å²) in [5.41, 5.74) is 0.958. The number of benzene rings is 1. The maximum absolute atomic E-state index is 13.1. The molecule has 3 heterocycles. The highest BCUT2D eigenvalue weighted by Gasteiger charge is 2.23. The number of aldehydes is 1. The predicted octanol–water partition coefficient (Wildman–Crippen LogP) is 5.75. The maximum atomic E-state index is 13.1. The number of rotatable bonds is 11. The van der Waals surface area contributed by atoms with Crippen molar-refractivity contribution in [3.8, 4) is 23.1 Å². The number of carbonyl (C=O) groups is 2. The Labute approximate surface area is 221 Å². The number of aromatic nitrogens is 3. The average molecular weight is 537 g/mol. The van der Waals surface area contributed by atoms with Crippen LogP contribution in [-0.2, 0) is 4.79 Å². The monoisotopic (exact) mass is 536 g/mol. The lowest BCUT2D eigenvalue weighted by molar-refractivity contribution is -0.109. The topological polar surface area (TPSA) is 113 Å². The van der Waals surface area contributed by atoms with Crippen LogP contribution in [0.25, 0.3) is 10.3 Å². The molecule has 1 fully saturated rings. The van der Waals surface area contributed by atoms with Gasteiger partial charge in [0.15, 0.2) is 11.4 Å². The fraction of sp³-hybridized carbons (Fsp3) is 0.269. The molecule has 190 valence electrons. The van der Waals surface area contributed by atoms with E-state index in [2.05, 4.69) is 20.3 Å². The number of pyridine rings is 2. The Hall–Kier alpha value is -3.70. The fourth-order valence-corrected chi connectivity index (χ4v) is 5.11. The highest BCUT2D eigenvalue weighted by Crippen LogP contribution is 2.38. The second kappa shape index (κ2) is 11.1. The van der Waals surface area contributed by atoms with Crippen LogP contribution < -0.4 is 19.5 Å². The molecule has 5 rings (SSSR count). The molecular formula is C26H24N4O5S2. The van der Waals surface area contributed by atoms with Gasteiger partial charge in [0.2, 0.25) is 5.88 Å². The number of thiazole rings is 1. The molecule has 0 saturated heterocycles. The fourth-order valence-electron chi connectivity index (χ4n) is 3.31. The van der Waals surface area contributed by atoms with Crippen molar-refractivity contribution in [3.05, 3.63) is 54.2 Å². The summed E-state index contributed by atoms with van der Waals surface area (Å²) in [5.74, 6) is 1.48. The first-order chi connectivity index (χ1) is 17.9. The van der Waals surface area contributed by atoms with Crippen molar-refractivity contribution in [2.45, 2.75) is 43.1 Å². The third-order valence-electron chi connectivity index (χ3n) is 5.02. The number of nitrogens with zero attached hydrogens (tertiary/aromatic N) is 3. The Bertz CT molecular complexity index is 1420. The summed E-state index contributed by atoms with van der Waals surface area (Å²) < 4.78 is 17.1. The molecule has 0 atom stereocenters. The van der Waals surface area contributed by atoms with Crippen LogP contribution in [0.15, 0.2) is 53.7 Å². The van der Waals surface area contributed by atoms with Gasteiger partial charge in [0.1, 0.15) is 34.2 Å². The first-order valence-electron chi connectivity index (χ1n) is 11.7. The summed E-state index contributed by atoms with van der Waals surface area (Å²) in [6, 6.07) is 12.2. The van der Waals surface area contributed by atoms with Crippen LogP contribution in [-0.4, -0.2) is 45.1 Å². The molecule has 0 aliphatic heterocycles. The van der Waals surface area contributed by atoms with Gasteiger partial charge in [-0.15, -0.1) is 11.8 Å². The molecule has 11 heteroatoms. The van der Waals surface area contributed by atoms with E-state index in [4.69, 9.17) is 14.2 Å². The maximum Gasteiger partial charge on any atom is 0.257 e.